The van der Waals surface area contributed by atoms with Gasteiger partial charge in [-0.1, -0.05) is 12.1 Å². The lowest BCUT2D eigenvalue weighted by molar-refractivity contribution is -0.363. The van der Waals surface area contributed by atoms with Crippen LogP contribution >= 0.6 is 22.6 Å². The Hall–Kier alpha value is -3.09. The summed E-state index contributed by atoms with van der Waals surface area (Å²) >= 11 is 2.10. The second-order valence-electron chi connectivity index (χ2n) is 8.93. The number of aromatic nitrogens is 1. The summed E-state index contributed by atoms with van der Waals surface area (Å²) in [5, 5.41) is 0.496. The number of nitrogens with zero attached hydrogens (tertiary/aromatic N) is 3. The molecule has 5 rings (SSSR count). The summed E-state index contributed by atoms with van der Waals surface area (Å²) in [6.07, 6.45) is 1.76. The minimum Gasteiger partial charge on any atom is -0.392 e. The molecule has 2 amide bonds. The first-order valence-electron chi connectivity index (χ1n) is 11.1. The highest BCUT2D eigenvalue weighted by Gasteiger charge is 2.55. The Morgan fingerprint density at radius 1 is 1.06 bits per heavy atom. The van der Waals surface area contributed by atoms with E-state index in [1.165, 1.54) is 12.1 Å². The molecule has 2 aromatic rings. The van der Waals surface area contributed by atoms with Crippen LogP contribution in [-0.4, -0.2) is 44.5 Å². The Kier molecular flexibility index (Phi) is 5.39. The molecule has 7 nitrogen and oxygen atoms in total. The summed E-state index contributed by atoms with van der Waals surface area (Å²) in [6, 6.07) is 6.34. The summed E-state index contributed by atoms with van der Waals surface area (Å²) in [6.45, 7) is 2.92. The van der Waals surface area contributed by atoms with E-state index in [1.54, 1.807) is 32.1 Å². The molecule has 35 heavy (non-hydrogen) atoms. The summed E-state index contributed by atoms with van der Waals surface area (Å²) in [7, 11) is 0. The number of hydrogen-bond acceptors (Lipinski definition) is 4. The van der Waals surface area contributed by atoms with Crippen molar-refractivity contribution in [3.8, 4) is 0 Å². The zero-order valence-electron chi connectivity index (χ0n) is 19.5. The van der Waals surface area contributed by atoms with Crippen molar-refractivity contribution >= 4 is 58.6 Å². The van der Waals surface area contributed by atoms with Gasteiger partial charge < -0.3 is 22.4 Å². The van der Waals surface area contributed by atoms with Gasteiger partial charge in [0.15, 0.2) is 5.70 Å². The molecular formula is C24H21BF2IN3O4. The quantitative estimate of drug-likeness (QED) is 0.303. The van der Waals surface area contributed by atoms with E-state index in [9.17, 15) is 14.4 Å². The molecular weight excluding hydrogens is 570 g/mol. The van der Waals surface area contributed by atoms with Crippen molar-refractivity contribution < 1.29 is 32.3 Å². The van der Waals surface area contributed by atoms with E-state index in [1.807, 2.05) is 13.8 Å². The van der Waals surface area contributed by atoms with Gasteiger partial charge in [-0.15, -0.1) is 5.06 Å². The van der Waals surface area contributed by atoms with Gasteiger partial charge in [0.05, 0.1) is 11.1 Å². The third kappa shape index (κ3) is 3.34. The van der Waals surface area contributed by atoms with Crippen LogP contribution in [0.1, 0.15) is 59.6 Å². The first-order valence-corrected chi connectivity index (χ1v) is 12.2. The predicted molar refractivity (Wildman–Crippen MR) is 134 cm³/mol. The van der Waals surface area contributed by atoms with Crippen LogP contribution in [0.25, 0.3) is 5.57 Å². The highest BCUT2D eigenvalue weighted by atomic mass is 127. The normalized spacial score (nSPS) is 18.8. The predicted octanol–water partition coefficient (Wildman–Crippen LogP) is 4.36. The molecule has 0 saturated carbocycles. The van der Waals surface area contributed by atoms with Crippen molar-refractivity contribution in [3.63, 3.8) is 0 Å². The SMILES string of the molecule is CC1=CC(C)=[N+]2C1=C(c1ccc(C(=O)ON3C(=O)CCC3=O)cc1)c1c(C)c(I)c(C)n1[B-]2(F)F. The molecule has 0 aliphatic carbocycles. The second kappa shape index (κ2) is 7.97. The molecule has 0 radical (unpaired) electrons. The molecule has 1 fully saturated rings. The molecule has 0 atom stereocenters. The van der Waals surface area contributed by atoms with Crippen molar-refractivity contribution in [2.24, 2.45) is 0 Å². The number of rotatable bonds is 3. The van der Waals surface area contributed by atoms with Gasteiger partial charge in [0, 0.05) is 40.7 Å². The number of carbonyl (C=O) groups excluding carboxylic acids is 3. The average molecular weight is 591 g/mol. The molecule has 0 bridgehead atoms. The average Bonchev–Trinajstić information content (AvgIpc) is 3.37. The van der Waals surface area contributed by atoms with Crippen molar-refractivity contribution in [1.29, 1.82) is 0 Å². The molecule has 11 heteroatoms. The Morgan fingerprint density at radius 3 is 2.26 bits per heavy atom. The van der Waals surface area contributed by atoms with Crippen molar-refractivity contribution in [2.75, 3.05) is 0 Å². The molecule has 0 N–H and O–H groups in total. The van der Waals surface area contributed by atoms with Crippen LogP contribution in [0.5, 0.6) is 0 Å². The third-order valence-corrected chi connectivity index (χ3v) is 8.30. The Bertz CT molecular complexity index is 1440. The lowest BCUT2D eigenvalue weighted by Gasteiger charge is -2.34. The Morgan fingerprint density at radius 2 is 1.66 bits per heavy atom. The smallest absolute Gasteiger partial charge is 0.392 e. The van der Waals surface area contributed by atoms with E-state index in [0.717, 1.165) is 23.7 Å². The number of hydroxylamine groups is 2. The largest absolute Gasteiger partial charge is 0.737 e. The lowest BCUT2D eigenvalue weighted by atomic mass is 9.83. The number of benzene rings is 1. The van der Waals surface area contributed by atoms with E-state index in [4.69, 9.17) is 4.84 Å². The van der Waals surface area contributed by atoms with Crippen LogP contribution in [0.3, 0.4) is 0 Å². The first-order chi connectivity index (χ1) is 16.4. The van der Waals surface area contributed by atoms with Crippen molar-refractivity contribution in [3.05, 3.63) is 73.3 Å². The van der Waals surface area contributed by atoms with E-state index in [0.29, 0.717) is 39.0 Å². The first kappa shape index (κ1) is 23.6. The highest BCUT2D eigenvalue weighted by molar-refractivity contribution is 14.1. The molecule has 0 unspecified atom stereocenters. The minimum atomic E-state index is -4.10. The van der Waals surface area contributed by atoms with Gasteiger partial charge in [0.2, 0.25) is 0 Å². The summed E-state index contributed by atoms with van der Waals surface area (Å²) in [5.74, 6) is -1.97. The second-order valence-corrected chi connectivity index (χ2v) is 10.0. The number of hydrogen-bond donors (Lipinski definition) is 0. The molecule has 4 heterocycles. The van der Waals surface area contributed by atoms with Crippen molar-refractivity contribution in [2.45, 2.75) is 40.5 Å². The zero-order valence-corrected chi connectivity index (χ0v) is 21.6. The maximum Gasteiger partial charge on any atom is 0.737 e. The maximum absolute atomic E-state index is 15.9. The monoisotopic (exact) mass is 591 g/mol. The number of halogens is 3. The Labute approximate surface area is 213 Å². The van der Waals surface area contributed by atoms with Gasteiger partial charge in [-0.05, 0) is 72.3 Å². The lowest BCUT2D eigenvalue weighted by Crippen LogP contribution is -2.51. The molecule has 0 spiro atoms. The molecule has 1 saturated heterocycles. The Balaban J connectivity index is 1.62. The van der Waals surface area contributed by atoms with Gasteiger partial charge >= 0.3 is 12.9 Å². The number of carbonyl (C=O) groups is 3. The van der Waals surface area contributed by atoms with Crippen LogP contribution in [0.4, 0.5) is 8.63 Å². The van der Waals surface area contributed by atoms with Crippen LogP contribution < -0.4 is 0 Å². The fourth-order valence-corrected chi connectivity index (χ4v) is 5.64. The molecule has 3 aliphatic heterocycles. The van der Waals surface area contributed by atoms with E-state index in [2.05, 4.69) is 22.6 Å². The topological polar surface area (TPSA) is 71.6 Å². The number of amides is 2. The molecule has 1 aromatic heterocycles. The van der Waals surface area contributed by atoms with Crippen LogP contribution in [0, 0.1) is 17.4 Å². The van der Waals surface area contributed by atoms with Gasteiger partial charge in [0.1, 0.15) is 5.71 Å². The highest BCUT2D eigenvalue weighted by Crippen LogP contribution is 2.45. The minimum absolute atomic E-state index is 0.00508. The van der Waals surface area contributed by atoms with E-state index in [-0.39, 0.29) is 18.4 Å². The fourth-order valence-electron chi connectivity index (χ4n) is 5.13. The third-order valence-electron chi connectivity index (χ3n) is 6.71. The van der Waals surface area contributed by atoms with E-state index >= 15 is 8.63 Å². The number of allylic oxidation sites excluding steroid dienone is 2. The summed E-state index contributed by atoms with van der Waals surface area (Å²) in [4.78, 5) is 41.0. The number of fused-ring (bicyclic) bond motifs is 2. The van der Waals surface area contributed by atoms with Crippen LogP contribution in [0.15, 0.2) is 41.6 Å². The standard InChI is InChI=1S/C24H21BF2IN3O4/c1-12-11-13(2)29-22(12)20(23-14(3)21(28)15(4)30(23)25(29,26)27)16-5-7-17(8-6-16)24(34)35-31-18(32)9-10-19(31)33/h5-8,11H,9-10H2,1-4H3. The van der Waals surface area contributed by atoms with Crippen LogP contribution in [0.2, 0.25) is 0 Å². The maximum atomic E-state index is 15.9. The molecule has 1 aromatic carbocycles. The van der Waals surface area contributed by atoms with E-state index < -0.39 is 24.8 Å². The molecule has 3 aliphatic rings. The number of imide groups is 1. The van der Waals surface area contributed by atoms with Gasteiger partial charge in [-0.2, -0.15) is 0 Å². The van der Waals surface area contributed by atoms with Gasteiger partial charge in [-0.3, -0.25) is 9.59 Å². The van der Waals surface area contributed by atoms with Crippen LogP contribution in [-0.2, 0) is 14.4 Å². The van der Waals surface area contributed by atoms with Crippen molar-refractivity contribution in [1.82, 2.24) is 9.54 Å². The summed E-state index contributed by atoms with van der Waals surface area (Å²) < 4.78 is 34.8. The zero-order chi connectivity index (χ0) is 25.4. The fraction of sp³-hybridized carbons (Fsp3) is 0.250. The van der Waals surface area contributed by atoms with Gasteiger partial charge in [-0.25, -0.2) is 4.79 Å². The molecule has 180 valence electrons. The van der Waals surface area contributed by atoms with Gasteiger partial charge in [0.25, 0.3) is 11.8 Å². The summed E-state index contributed by atoms with van der Waals surface area (Å²) in [5.41, 5.74) is 4.79.